The summed E-state index contributed by atoms with van der Waals surface area (Å²) in [6.07, 6.45) is 2.96. The van der Waals surface area contributed by atoms with Crippen LogP contribution in [0.5, 0.6) is 0 Å². The van der Waals surface area contributed by atoms with Crippen LogP contribution in [-0.4, -0.2) is 10.9 Å². The molecule has 0 aromatic carbocycles. The lowest BCUT2D eigenvalue weighted by Gasteiger charge is -2.04. The summed E-state index contributed by atoms with van der Waals surface area (Å²) in [5, 5.41) is 3.06. The zero-order valence-corrected chi connectivity index (χ0v) is 9.99. The van der Waals surface area contributed by atoms with Gasteiger partial charge in [0.05, 0.1) is 17.1 Å². The summed E-state index contributed by atoms with van der Waals surface area (Å²) < 4.78 is 5.34. The van der Waals surface area contributed by atoms with E-state index in [0.29, 0.717) is 22.9 Å². The molecule has 0 spiro atoms. The van der Waals surface area contributed by atoms with Crippen molar-refractivity contribution in [1.29, 1.82) is 0 Å². The highest BCUT2D eigenvalue weighted by Crippen LogP contribution is 2.13. The second kappa shape index (κ2) is 5.01. The number of carbonyl (C=O) groups is 1. The van der Waals surface area contributed by atoms with Gasteiger partial charge in [0, 0.05) is 12.4 Å². The largest absolute Gasteiger partial charge is 0.465 e. The van der Waals surface area contributed by atoms with Crippen molar-refractivity contribution in [1.82, 2.24) is 10.3 Å². The van der Waals surface area contributed by atoms with Crippen LogP contribution in [0.25, 0.3) is 0 Å². The van der Waals surface area contributed by atoms with Gasteiger partial charge in [-0.15, -0.1) is 0 Å². The third-order valence-corrected chi connectivity index (χ3v) is 2.54. The molecular weight excluding hydrogens is 240 g/mol. The number of aryl methyl sites for hydroxylation is 1. The molecule has 0 radical (unpaired) electrons. The van der Waals surface area contributed by atoms with Crippen molar-refractivity contribution < 1.29 is 9.21 Å². The van der Waals surface area contributed by atoms with E-state index in [1.807, 2.05) is 19.1 Å². The second-order valence-electron chi connectivity index (χ2n) is 3.55. The number of carbonyl (C=O) groups excluding carboxylic acids is 1. The molecule has 0 aliphatic rings. The average Bonchev–Trinajstić information content (AvgIpc) is 2.73. The second-order valence-corrected chi connectivity index (χ2v) is 3.96. The molecule has 17 heavy (non-hydrogen) atoms. The van der Waals surface area contributed by atoms with Gasteiger partial charge >= 0.3 is 0 Å². The van der Waals surface area contributed by atoms with Crippen molar-refractivity contribution in [3.05, 3.63) is 52.7 Å². The molecule has 0 aliphatic heterocycles. The smallest absolute Gasteiger partial charge is 0.253 e. The number of aromatic nitrogens is 1. The molecule has 4 nitrogen and oxygen atoms in total. The molecule has 0 saturated carbocycles. The van der Waals surface area contributed by atoms with Crippen molar-refractivity contribution >= 4 is 17.5 Å². The van der Waals surface area contributed by atoms with E-state index in [4.69, 9.17) is 16.0 Å². The van der Waals surface area contributed by atoms with E-state index in [-0.39, 0.29) is 5.91 Å². The maximum Gasteiger partial charge on any atom is 0.253 e. The Bertz CT molecular complexity index is 537. The maximum atomic E-state index is 11.8. The van der Waals surface area contributed by atoms with Crippen molar-refractivity contribution in [2.75, 3.05) is 0 Å². The number of nitrogens with one attached hydrogen (secondary N) is 1. The fourth-order valence-corrected chi connectivity index (χ4v) is 1.61. The van der Waals surface area contributed by atoms with Crippen molar-refractivity contribution in [3.63, 3.8) is 0 Å². The Kier molecular flexibility index (Phi) is 3.44. The van der Waals surface area contributed by atoms with Gasteiger partial charge in [-0.05, 0) is 25.1 Å². The molecule has 1 N–H and O–H groups in total. The summed E-state index contributed by atoms with van der Waals surface area (Å²) in [4.78, 5) is 15.6. The Morgan fingerprint density at radius 3 is 2.94 bits per heavy atom. The van der Waals surface area contributed by atoms with Gasteiger partial charge in [0.15, 0.2) is 0 Å². The van der Waals surface area contributed by atoms with Gasteiger partial charge in [-0.25, -0.2) is 0 Å². The number of hydrogen-bond acceptors (Lipinski definition) is 3. The molecule has 5 heteroatoms. The molecule has 2 heterocycles. The van der Waals surface area contributed by atoms with Crippen LogP contribution in [0.3, 0.4) is 0 Å². The van der Waals surface area contributed by atoms with Gasteiger partial charge in [0.2, 0.25) is 0 Å². The van der Waals surface area contributed by atoms with E-state index in [1.165, 1.54) is 12.4 Å². The van der Waals surface area contributed by atoms with E-state index >= 15 is 0 Å². The Balaban J connectivity index is 2.01. The van der Waals surface area contributed by atoms with Crippen LogP contribution in [0, 0.1) is 6.92 Å². The molecule has 0 saturated heterocycles. The third kappa shape index (κ3) is 2.85. The van der Waals surface area contributed by atoms with Gasteiger partial charge in [0.1, 0.15) is 11.5 Å². The van der Waals surface area contributed by atoms with Crippen LogP contribution in [0.1, 0.15) is 21.9 Å². The van der Waals surface area contributed by atoms with Gasteiger partial charge < -0.3 is 9.73 Å². The predicted octanol–water partition coefficient (Wildman–Crippen LogP) is 2.57. The topological polar surface area (TPSA) is 55.1 Å². The molecule has 1 amide bonds. The summed E-state index contributed by atoms with van der Waals surface area (Å²) in [5.74, 6) is 1.28. The van der Waals surface area contributed by atoms with Gasteiger partial charge in [-0.1, -0.05) is 11.6 Å². The quantitative estimate of drug-likeness (QED) is 0.911. The summed E-state index contributed by atoms with van der Waals surface area (Å²) >= 11 is 5.86. The molecule has 2 rings (SSSR count). The number of furan rings is 1. The van der Waals surface area contributed by atoms with E-state index in [0.717, 1.165) is 5.76 Å². The normalized spacial score (nSPS) is 10.2. The first-order chi connectivity index (χ1) is 8.16. The molecule has 0 aliphatic carbocycles. The van der Waals surface area contributed by atoms with E-state index in [9.17, 15) is 4.79 Å². The highest BCUT2D eigenvalue weighted by molar-refractivity contribution is 6.33. The number of nitrogens with zero attached hydrogens (tertiary/aromatic N) is 1. The zero-order chi connectivity index (χ0) is 12.3. The van der Waals surface area contributed by atoms with Gasteiger partial charge in [-0.3, -0.25) is 9.78 Å². The van der Waals surface area contributed by atoms with Crippen LogP contribution in [0.15, 0.2) is 35.0 Å². The van der Waals surface area contributed by atoms with Gasteiger partial charge in [0.25, 0.3) is 5.91 Å². The number of pyridine rings is 1. The van der Waals surface area contributed by atoms with Crippen LogP contribution >= 0.6 is 11.6 Å². The van der Waals surface area contributed by atoms with Gasteiger partial charge in [-0.2, -0.15) is 0 Å². The minimum atomic E-state index is -0.244. The lowest BCUT2D eigenvalue weighted by molar-refractivity contribution is 0.0948. The molecule has 0 bridgehead atoms. The minimum Gasteiger partial charge on any atom is -0.465 e. The molecule has 2 aromatic rings. The first kappa shape index (κ1) is 11.7. The first-order valence-electron chi connectivity index (χ1n) is 5.10. The lowest BCUT2D eigenvalue weighted by Crippen LogP contribution is -2.22. The zero-order valence-electron chi connectivity index (χ0n) is 9.24. The summed E-state index contributed by atoms with van der Waals surface area (Å²) in [6.45, 7) is 2.19. The number of halogens is 1. The minimum absolute atomic E-state index is 0.244. The molecular formula is C12H11ClN2O2. The van der Waals surface area contributed by atoms with E-state index < -0.39 is 0 Å². The Morgan fingerprint density at radius 1 is 1.47 bits per heavy atom. The Morgan fingerprint density at radius 2 is 2.29 bits per heavy atom. The van der Waals surface area contributed by atoms with Crippen LogP contribution < -0.4 is 5.32 Å². The summed E-state index contributed by atoms with van der Waals surface area (Å²) in [7, 11) is 0. The van der Waals surface area contributed by atoms with E-state index in [1.54, 1.807) is 6.07 Å². The number of hydrogen-bond donors (Lipinski definition) is 1. The lowest BCUT2D eigenvalue weighted by atomic mass is 10.2. The molecule has 2 aromatic heterocycles. The fraction of sp³-hybridized carbons (Fsp3) is 0.167. The Hall–Kier alpha value is -1.81. The van der Waals surface area contributed by atoms with Crippen molar-refractivity contribution in [3.8, 4) is 0 Å². The number of amides is 1. The summed E-state index contributed by atoms with van der Waals surface area (Å²) in [5.41, 5.74) is 0.407. The highest BCUT2D eigenvalue weighted by atomic mass is 35.5. The summed E-state index contributed by atoms with van der Waals surface area (Å²) in [6, 6.07) is 5.25. The average molecular weight is 251 g/mol. The Labute approximate surface area is 104 Å². The molecule has 0 fully saturated rings. The third-order valence-electron chi connectivity index (χ3n) is 2.24. The molecule has 0 unspecified atom stereocenters. The SMILES string of the molecule is Cc1ccc(CNC(=O)c2ccncc2Cl)o1. The first-order valence-corrected chi connectivity index (χ1v) is 5.47. The van der Waals surface area contributed by atoms with E-state index in [2.05, 4.69) is 10.3 Å². The maximum absolute atomic E-state index is 11.8. The molecule has 88 valence electrons. The predicted molar refractivity (Wildman–Crippen MR) is 63.9 cm³/mol. The fourth-order valence-electron chi connectivity index (χ4n) is 1.40. The van der Waals surface area contributed by atoms with Crippen molar-refractivity contribution in [2.45, 2.75) is 13.5 Å². The van der Waals surface area contributed by atoms with Crippen LogP contribution in [0.2, 0.25) is 5.02 Å². The monoisotopic (exact) mass is 250 g/mol. The number of rotatable bonds is 3. The molecule has 0 atom stereocenters. The standard InChI is InChI=1S/C12H11ClN2O2/c1-8-2-3-9(17-8)6-15-12(16)10-4-5-14-7-11(10)13/h2-5,7H,6H2,1H3,(H,15,16). The van der Waals surface area contributed by atoms with Crippen LogP contribution in [0.4, 0.5) is 0 Å². The van der Waals surface area contributed by atoms with Crippen LogP contribution in [-0.2, 0) is 6.54 Å². The van der Waals surface area contributed by atoms with Crippen molar-refractivity contribution in [2.24, 2.45) is 0 Å². The highest BCUT2D eigenvalue weighted by Gasteiger charge is 2.10.